The molecule has 1 rings (SSSR count). The van der Waals surface area contributed by atoms with Gasteiger partial charge in [-0.25, -0.2) is 0 Å². The predicted octanol–water partition coefficient (Wildman–Crippen LogP) is -1.67. The molecule has 0 aliphatic carbocycles. The Bertz CT molecular complexity index is 495. The molecule has 0 fully saturated rings. The van der Waals surface area contributed by atoms with E-state index < -0.39 is 10.1 Å². The van der Waals surface area contributed by atoms with Crippen molar-refractivity contribution in [2.24, 2.45) is 0 Å². The fourth-order valence-electron chi connectivity index (χ4n) is 1.21. The zero-order valence-corrected chi connectivity index (χ0v) is 15.5. The third-order valence-electron chi connectivity index (χ3n) is 1.89. The average Bonchev–Trinajstić information content (AvgIpc) is 2.33. The predicted molar refractivity (Wildman–Crippen MR) is 66.1 cm³/mol. The van der Waals surface area contributed by atoms with Gasteiger partial charge in [0.2, 0.25) is 0 Å². The van der Waals surface area contributed by atoms with E-state index >= 15 is 0 Å². The normalized spacial score (nSPS) is 11.1. The van der Waals surface area contributed by atoms with Crippen LogP contribution in [0.5, 0.6) is 0 Å². The maximum Gasteiger partial charge on any atom is 1.00 e. The first-order valence-electron chi connectivity index (χ1n) is 4.70. The van der Waals surface area contributed by atoms with Gasteiger partial charge in [0.05, 0.1) is 23.5 Å². The van der Waals surface area contributed by atoms with Crippen LogP contribution in [0.25, 0.3) is 0 Å². The van der Waals surface area contributed by atoms with E-state index in [9.17, 15) is 13.7 Å². The van der Waals surface area contributed by atoms with Gasteiger partial charge in [-0.15, -0.1) is 0 Å². The SMILES string of the molecule is Cc1cc(SOO[O-])ccc1S(=O)(=O)OCCBr.[Na+]. The van der Waals surface area contributed by atoms with Crippen molar-refractivity contribution < 1.29 is 56.8 Å². The number of alkyl halides is 1. The van der Waals surface area contributed by atoms with E-state index in [1.165, 1.54) is 12.1 Å². The summed E-state index contributed by atoms with van der Waals surface area (Å²) in [5.74, 6) is 0. The van der Waals surface area contributed by atoms with Gasteiger partial charge in [0.15, 0.2) is 0 Å². The van der Waals surface area contributed by atoms with E-state index in [0.29, 0.717) is 27.8 Å². The quantitative estimate of drug-likeness (QED) is 0.139. The molecule has 0 aromatic heterocycles. The fourth-order valence-corrected chi connectivity index (χ4v) is 3.16. The Hall–Kier alpha value is 0.840. The molecule has 0 amide bonds. The number of aryl methyl sites for hydroxylation is 1. The van der Waals surface area contributed by atoms with Crippen LogP contribution in [-0.4, -0.2) is 20.4 Å². The maximum absolute atomic E-state index is 11.8. The van der Waals surface area contributed by atoms with Crippen molar-refractivity contribution in [3.63, 3.8) is 0 Å². The molecule has 0 unspecified atom stereocenters. The van der Waals surface area contributed by atoms with Crippen LogP contribution in [0.2, 0.25) is 0 Å². The minimum absolute atomic E-state index is 0. The molecule has 1 aromatic rings. The monoisotopic (exact) mass is 380 g/mol. The number of hydrogen-bond acceptors (Lipinski definition) is 7. The summed E-state index contributed by atoms with van der Waals surface area (Å²) in [6.07, 6.45) is 0. The molecule has 0 spiro atoms. The molecule has 0 heterocycles. The Labute approximate surface area is 146 Å². The summed E-state index contributed by atoms with van der Waals surface area (Å²) in [5, 5.41) is 13.3. The summed E-state index contributed by atoms with van der Waals surface area (Å²) in [4.78, 5) is 0.624. The van der Waals surface area contributed by atoms with Crippen molar-refractivity contribution in [1.29, 1.82) is 0 Å². The van der Waals surface area contributed by atoms with Crippen molar-refractivity contribution >= 4 is 38.1 Å². The first-order chi connectivity index (χ1) is 8.51. The van der Waals surface area contributed by atoms with Gasteiger partial charge >= 0.3 is 29.6 Å². The van der Waals surface area contributed by atoms with Crippen LogP contribution in [-0.2, 0) is 23.7 Å². The van der Waals surface area contributed by atoms with Crippen LogP contribution in [0.4, 0.5) is 0 Å². The van der Waals surface area contributed by atoms with E-state index in [1.807, 2.05) is 0 Å². The average molecular weight is 381 g/mol. The molecular weight excluding hydrogens is 371 g/mol. The van der Waals surface area contributed by atoms with E-state index in [4.69, 9.17) is 4.18 Å². The summed E-state index contributed by atoms with van der Waals surface area (Å²) in [7, 11) is -3.76. The molecule has 0 aliphatic heterocycles. The number of hydrogen-bond donors (Lipinski definition) is 0. The van der Waals surface area contributed by atoms with Crippen molar-refractivity contribution in [3.05, 3.63) is 23.8 Å². The summed E-state index contributed by atoms with van der Waals surface area (Å²) in [6.45, 7) is 1.68. The van der Waals surface area contributed by atoms with Crippen molar-refractivity contribution in [2.75, 3.05) is 11.9 Å². The molecule has 102 valence electrons. The fraction of sp³-hybridized carbons (Fsp3) is 0.333. The second-order valence-corrected chi connectivity index (χ2v) is 6.26. The van der Waals surface area contributed by atoms with E-state index in [-0.39, 0.29) is 41.1 Å². The standard InChI is InChI=1S/C9H11BrO6S2.Na/c1-7-6-8(17-16-15-11)2-3-9(7)18(12,13)14-5-4-10;/h2-3,6,11H,4-5H2,1H3;/q;+1/p-1. The second kappa shape index (κ2) is 9.72. The first kappa shape index (κ1) is 19.8. The van der Waals surface area contributed by atoms with Crippen LogP contribution in [0, 0.1) is 6.92 Å². The first-order valence-corrected chi connectivity index (χ1v) is 7.97. The van der Waals surface area contributed by atoms with Gasteiger partial charge in [0.1, 0.15) is 0 Å². The third kappa shape index (κ3) is 6.42. The molecule has 1 aromatic carbocycles. The molecule has 6 nitrogen and oxygen atoms in total. The van der Waals surface area contributed by atoms with Crippen LogP contribution in [0.1, 0.15) is 5.56 Å². The van der Waals surface area contributed by atoms with Crippen molar-refractivity contribution in [1.82, 2.24) is 0 Å². The molecule has 0 aliphatic rings. The maximum atomic E-state index is 11.8. The van der Waals surface area contributed by atoms with Gasteiger partial charge in [-0.2, -0.15) is 12.8 Å². The van der Waals surface area contributed by atoms with E-state index in [1.54, 1.807) is 13.0 Å². The number of benzene rings is 1. The molecule has 0 atom stereocenters. The van der Waals surface area contributed by atoms with Crippen molar-refractivity contribution in [3.8, 4) is 0 Å². The Balaban J connectivity index is 0.00000324. The molecule has 0 radical (unpaired) electrons. The summed E-state index contributed by atoms with van der Waals surface area (Å²) < 4.78 is 32.5. The smallest absolute Gasteiger partial charge is 0.691 e. The zero-order chi connectivity index (χ0) is 13.6. The van der Waals surface area contributed by atoms with Crippen LogP contribution in [0.15, 0.2) is 28.0 Å². The summed E-state index contributed by atoms with van der Waals surface area (Å²) >= 11 is 3.77. The summed E-state index contributed by atoms with van der Waals surface area (Å²) in [5.41, 5.74) is 0.490. The van der Waals surface area contributed by atoms with E-state index in [0.717, 1.165) is 0 Å². The molecule has 0 saturated heterocycles. The van der Waals surface area contributed by atoms with Gasteiger partial charge in [0, 0.05) is 10.2 Å². The molecule has 10 heteroatoms. The van der Waals surface area contributed by atoms with Crippen molar-refractivity contribution in [2.45, 2.75) is 16.7 Å². The van der Waals surface area contributed by atoms with Gasteiger partial charge in [-0.1, -0.05) is 15.9 Å². The zero-order valence-electron chi connectivity index (χ0n) is 10.3. The number of rotatable bonds is 7. The molecular formula is C9H10BrNaO6S2. The molecule has 0 saturated carbocycles. The molecule has 0 N–H and O–H groups in total. The largest absolute Gasteiger partial charge is 1.00 e. The van der Waals surface area contributed by atoms with Gasteiger partial charge < -0.3 is 5.26 Å². The van der Waals surface area contributed by atoms with Crippen LogP contribution >= 0.6 is 28.0 Å². The van der Waals surface area contributed by atoms with Crippen LogP contribution < -0.4 is 34.8 Å². The van der Waals surface area contributed by atoms with E-state index in [2.05, 4.69) is 25.3 Å². The summed E-state index contributed by atoms with van der Waals surface area (Å²) in [6, 6.07) is 4.42. The Morgan fingerprint density at radius 2 is 2.11 bits per heavy atom. The molecule has 0 bridgehead atoms. The Morgan fingerprint density at radius 1 is 1.42 bits per heavy atom. The molecule has 19 heavy (non-hydrogen) atoms. The minimum atomic E-state index is -3.76. The second-order valence-electron chi connectivity index (χ2n) is 3.11. The van der Waals surface area contributed by atoms with Gasteiger partial charge in [0.25, 0.3) is 10.1 Å². The van der Waals surface area contributed by atoms with Gasteiger partial charge in [-0.3, -0.25) is 9.22 Å². The van der Waals surface area contributed by atoms with Crippen LogP contribution in [0.3, 0.4) is 0 Å². The number of halogens is 1. The third-order valence-corrected chi connectivity index (χ3v) is 4.26. The topological polar surface area (TPSA) is 84.9 Å². The van der Waals surface area contributed by atoms with Gasteiger partial charge in [-0.05, 0) is 30.7 Å². The minimum Gasteiger partial charge on any atom is -0.691 e. The Kier molecular flexibility index (Phi) is 10.1. The Morgan fingerprint density at radius 3 is 2.63 bits per heavy atom.